The van der Waals surface area contributed by atoms with Gasteiger partial charge in [-0.15, -0.1) is 0 Å². The van der Waals surface area contributed by atoms with Gasteiger partial charge in [0.15, 0.2) is 5.89 Å². The number of aromatic carboxylic acids is 1. The fourth-order valence-corrected chi connectivity index (χ4v) is 1.94. The normalized spacial score (nSPS) is 10.5. The van der Waals surface area contributed by atoms with Crippen molar-refractivity contribution in [2.45, 2.75) is 27.3 Å². The number of oxazole rings is 1. The van der Waals surface area contributed by atoms with E-state index in [0.717, 1.165) is 16.8 Å². The maximum absolute atomic E-state index is 11.1. The first kappa shape index (κ1) is 13.1. The third-order valence-electron chi connectivity index (χ3n) is 2.92. The highest BCUT2D eigenvalue weighted by atomic mass is 16.4. The SMILES string of the molecule is Cc1ncc(CNc2cc(C(=O)O)c(C)cc2C)o1. The first-order valence-corrected chi connectivity index (χ1v) is 5.97. The van der Waals surface area contributed by atoms with E-state index in [1.807, 2.05) is 13.0 Å². The third-order valence-corrected chi connectivity index (χ3v) is 2.92. The lowest BCUT2D eigenvalue weighted by molar-refractivity contribution is 0.0696. The zero-order valence-electron chi connectivity index (χ0n) is 11.2. The molecule has 0 saturated heterocycles. The lowest BCUT2D eigenvalue weighted by Crippen LogP contribution is -2.05. The number of hydrogen-bond acceptors (Lipinski definition) is 4. The molecule has 0 spiro atoms. The molecule has 5 heteroatoms. The van der Waals surface area contributed by atoms with Crippen LogP contribution in [0.5, 0.6) is 0 Å². The van der Waals surface area contributed by atoms with Crippen LogP contribution in [-0.2, 0) is 6.54 Å². The molecule has 5 nitrogen and oxygen atoms in total. The molecule has 100 valence electrons. The molecule has 1 heterocycles. The summed E-state index contributed by atoms with van der Waals surface area (Å²) in [5.41, 5.74) is 2.85. The van der Waals surface area contributed by atoms with E-state index in [9.17, 15) is 4.79 Å². The highest BCUT2D eigenvalue weighted by Crippen LogP contribution is 2.21. The summed E-state index contributed by atoms with van der Waals surface area (Å²) >= 11 is 0. The van der Waals surface area contributed by atoms with Gasteiger partial charge in [0.2, 0.25) is 0 Å². The molecule has 1 aromatic heterocycles. The Morgan fingerprint density at radius 1 is 1.32 bits per heavy atom. The van der Waals surface area contributed by atoms with Crippen molar-refractivity contribution in [3.05, 3.63) is 46.7 Å². The lowest BCUT2D eigenvalue weighted by atomic mass is 10.0. The molecular weight excluding hydrogens is 244 g/mol. The molecule has 0 fully saturated rings. The predicted octanol–water partition coefficient (Wildman–Crippen LogP) is 2.91. The topological polar surface area (TPSA) is 75.4 Å². The number of anilines is 1. The molecule has 2 N–H and O–H groups in total. The summed E-state index contributed by atoms with van der Waals surface area (Å²) in [4.78, 5) is 15.1. The van der Waals surface area contributed by atoms with Crippen LogP contribution < -0.4 is 5.32 Å². The molecule has 0 bridgehead atoms. The van der Waals surface area contributed by atoms with Crippen LogP contribution in [0, 0.1) is 20.8 Å². The number of nitrogens with zero attached hydrogens (tertiary/aromatic N) is 1. The van der Waals surface area contributed by atoms with Crippen LogP contribution >= 0.6 is 0 Å². The van der Waals surface area contributed by atoms with Crippen LogP contribution in [0.3, 0.4) is 0 Å². The van der Waals surface area contributed by atoms with Crippen molar-refractivity contribution in [2.75, 3.05) is 5.32 Å². The summed E-state index contributed by atoms with van der Waals surface area (Å²) in [6.45, 7) is 5.99. The Morgan fingerprint density at radius 3 is 2.63 bits per heavy atom. The number of carbonyl (C=O) groups is 1. The van der Waals surface area contributed by atoms with Crippen molar-refractivity contribution < 1.29 is 14.3 Å². The molecule has 0 aliphatic rings. The summed E-state index contributed by atoms with van der Waals surface area (Å²) in [6, 6.07) is 3.51. The van der Waals surface area contributed by atoms with E-state index in [0.29, 0.717) is 23.8 Å². The summed E-state index contributed by atoms with van der Waals surface area (Å²) in [5, 5.41) is 12.3. The molecule has 1 aromatic carbocycles. The fourth-order valence-electron chi connectivity index (χ4n) is 1.94. The minimum atomic E-state index is -0.920. The Hall–Kier alpha value is -2.30. The van der Waals surface area contributed by atoms with Gasteiger partial charge in [0, 0.05) is 12.6 Å². The highest BCUT2D eigenvalue weighted by Gasteiger charge is 2.10. The van der Waals surface area contributed by atoms with Crippen LogP contribution in [-0.4, -0.2) is 16.1 Å². The summed E-state index contributed by atoms with van der Waals surface area (Å²) < 4.78 is 5.36. The van der Waals surface area contributed by atoms with Crippen molar-refractivity contribution in [3.63, 3.8) is 0 Å². The summed E-state index contributed by atoms with van der Waals surface area (Å²) in [6.07, 6.45) is 1.66. The third kappa shape index (κ3) is 2.93. The predicted molar refractivity (Wildman–Crippen MR) is 71.4 cm³/mol. The Kier molecular flexibility index (Phi) is 3.55. The van der Waals surface area contributed by atoms with Crippen LogP contribution in [0.4, 0.5) is 5.69 Å². The van der Waals surface area contributed by atoms with E-state index >= 15 is 0 Å². The Labute approximate surface area is 111 Å². The second-order valence-corrected chi connectivity index (χ2v) is 4.49. The van der Waals surface area contributed by atoms with Gasteiger partial charge in [0.05, 0.1) is 18.3 Å². The number of carboxylic acids is 1. The molecule has 0 saturated carbocycles. The standard InChI is InChI=1S/C14H16N2O3/c1-8-4-9(2)13(5-12(8)14(17)18)16-7-11-6-15-10(3)19-11/h4-6,16H,7H2,1-3H3,(H,17,18). The van der Waals surface area contributed by atoms with Gasteiger partial charge in [-0.25, -0.2) is 9.78 Å². The van der Waals surface area contributed by atoms with Crippen molar-refractivity contribution in [2.24, 2.45) is 0 Å². The largest absolute Gasteiger partial charge is 0.478 e. The molecule has 0 amide bonds. The molecule has 0 unspecified atom stereocenters. The minimum absolute atomic E-state index is 0.307. The Bertz CT molecular complexity index is 617. The number of benzene rings is 1. The molecule has 2 aromatic rings. The monoisotopic (exact) mass is 260 g/mol. The van der Waals surface area contributed by atoms with E-state index in [-0.39, 0.29) is 0 Å². The second kappa shape index (κ2) is 5.14. The van der Waals surface area contributed by atoms with E-state index in [1.165, 1.54) is 0 Å². The Morgan fingerprint density at radius 2 is 2.05 bits per heavy atom. The second-order valence-electron chi connectivity index (χ2n) is 4.49. The molecule has 0 radical (unpaired) electrons. The van der Waals surface area contributed by atoms with Gasteiger partial charge >= 0.3 is 5.97 Å². The van der Waals surface area contributed by atoms with E-state index in [1.54, 1.807) is 26.1 Å². The van der Waals surface area contributed by atoms with Gasteiger partial charge in [-0.05, 0) is 31.0 Å². The zero-order valence-corrected chi connectivity index (χ0v) is 11.2. The minimum Gasteiger partial charge on any atom is -0.478 e. The zero-order chi connectivity index (χ0) is 14.0. The van der Waals surface area contributed by atoms with Crippen LogP contribution in [0.15, 0.2) is 22.7 Å². The van der Waals surface area contributed by atoms with Gasteiger partial charge in [-0.3, -0.25) is 0 Å². The van der Waals surface area contributed by atoms with E-state index in [4.69, 9.17) is 9.52 Å². The average Bonchev–Trinajstić information content (AvgIpc) is 2.73. The quantitative estimate of drug-likeness (QED) is 0.884. The van der Waals surface area contributed by atoms with Crippen LogP contribution in [0.2, 0.25) is 0 Å². The molecule has 0 aliphatic heterocycles. The molecule has 19 heavy (non-hydrogen) atoms. The number of carboxylic acid groups (broad SMARTS) is 1. The van der Waals surface area contributed by atoms with Crippen LogP contribution in [0.25, 0.3) is 0 Å². The first-order chi connectivity index (χ1) is 8.97. The summed E-state index contributed by atoms with van der Waals surface area (Å²) in [5.74, 6) is 0.411. The van der Waals surface area contributed by atoms with Gasteiger partial charge in [0.1, 0.15) is 5.76 Å². The lowest BCUT2D eigenvalue weighted by Gasteiger charge is -2.11. The number of aryl methyl sites for hydroxylation is 3. The number of rotatable bonds is 4. The average molecular weight is 260 g/mol. The van der Waals surface area contributed by atoms with E-state index in [2.05, 4.69) is 10.3 Å². The Balaban J connectivity index is 2.20. The molecular formula is C14H16N2O3. The molecule has 0 atom stereocenters. The summed E-state index contributed by atoms with van der Waals surface area (Å²) in [7, 11) is 0. The highest BCUT2D eigenvalue weighted by molar-refractivity contribution is 5.91. The number of nitrogens with one attached hydrogen (secondary N) is 1. The van der Waals surface area contributed by atoms with Crippen LogP contribution in [0.1, 0.15) is 33.1 Å². The maximum Gasteiger partial charge on any atom is 0.336 e. The van der Waals surface area contributed by atoms with E-state index < -0.39 is 5.97 Å². The van der Waals surface area contributed by atoms with Gasteiger partial charge in [-0.1, -0.05) is 6.07 Å². The fraction of sp³-hybridized carbons (Fsp3) is 0.286. The maximum atomic E-state index is 11.1. The van der Waals surface area contributed by atoms with Gasteiger partial charge in [-0.2, -0.15) is 0 Å². The molecule has 2 rings (SSSR count). The van der Waals surface area contributed by atoms with Gasteiger partial charge in [0.25, 0.3) is 0 Å². The van der Waals surface area contributed by atoms with Crippen molar-refractivity contribution in [1.29, 1.82) is 0 Å². The smallest absolute Gasteiger partial charge is 0.336 e. The van der Waals surface area contributed by atoms with Crippen molar-refractivity contribution in [1.82, 2.24) is 4.98 Å². The van der Waals surface area contributed by atoms with Crippen molar-refractivity contribution in [3.8, 4) is 0 Å². The van der Waals surface area contributed by atoms with Gasteiger partial charge < -0.3 is 14.8 Å². The first-order valence-electron chi connectivity index (χ1n) is 5.97. The van der Waals surface area contributed by atoms with Crippen molar-refractivity contribution >= 4 is 11.7 Å². The number of aromatic nitrogens is 1. The number of hydrogen-bond donors (Lipinski definition) is 2. The molecule has 0 aliphatic carbocycles.